The number of hydrogen-bond acceptors (Lipinski definition) is 4. The number of anilines is 2. The van der Waals surface area contributed by atoms with E-state index in [1.165, 1.54) is 12.1 Å². The lowest BCUT2D eigenvalue weighted by atomic mass is 10.1. The fraction of sp³-hybridized carbons (Fsp3) is 0.278. The Labute approximate surface area is 135 Å². The summed E-state index contributed by atoms with van der Waals surface area (Å²) in [6, 6.07) is 13.9. The van der Waals surface area contributed by atoms with Gasteiger partial charge in [-0.05, 0) is 43.2 Å². The van der Waals surface area contributed by atoms with E-state index in [1.807, 2.05) is 24.3 Å². The van der Waals surface area contributed by atoms with Crippen LogP contribution in [0.25, 0.3) is 0 Å². The number of aliphatic hydroxyl groups is 1. The van der Waals surface area contributed by atoms with Crippen molar-refractivity contribution < 1.29 is 15.0 Å². The van der Waals surface area contributed by atoms with Gasteiger partial charge < -0.3 is 20.4 Å². The van der Waals surface area contributed by atoms with E-state index in [4.69, 9.17) is 0 Å². The van der Waals surface area contributed by atoms with Crippen molar-refractivity contribution in [2.75, 3.05) is 23.3 Å². The second-order valence-corrected chi connectivity index (χ2v) is 5.74. The molecule has 5 heteroatoms. The number of piperidine rings is 1. The molecule has 3 rings (SSSR count). The molecule has 0 atom stereocenters. The summed E-state index contributed by atoms with van der Waals surface area (Å²) in [5.41, 5.74) is 2.10. The normalized spacial score (nSPS) is 15.4. The van der Waals surface area contributed by atoms with Gasteiger partial charge in [0.05, 0.1) is 17.5 Å². The first-order chi connectivity index (χ1) is 11.1. The van der Waals surface area contributed by atoms with Gasteiger partial charge in [0.15, 0.2) is 0 Å². The molecule has 120 valence electrons. The molecule has 1 saturated heterocycles. The molecular weight excluding hydrogens is 292 g/mol. The van der Waals surface area contributed by atoms with Crippen LogP contribution in [-0.2, 0) is 0 Å². The van der Waals surface area contributed by atoms with Gasteiger partial charge in [-0.3, -0.25) is 4.79 Å². The molecule has 2 aromatic rings. The molecule has 23 heavy (non-hydrogen) atoms. The average Bonchev–Trinajstić information content (AvgIpc) is 2.56. The van der Waals surface area contributed by atoms with Crippen LogP contribution in [0.15, 0.2) is 48.5 Å². The number of phenolic OH excluding ortho intramolecular Hbond substituents is 1. The monoisotopic (exact) mass is 312 g/mol. The van der Waals surface area contributed by atoms with Crippen LogP contribution in [0.4, 0.5) is 11.4 Å². The topological polar surface area (TPSA) is 72.8 Å². The number of hydrogen-bond donors (Lipinski definition) is 3. The standard InChI is InChI=1S/C18H20N2O3/c21-14-8-10-20(11-9-14)17-7-2-1-6-16(17)19-18(23)13-4-3-5-15(22)12-13/h1-7,12,14,21-22H,8-11H2,(H,19,23). The highest BCUT2D eigenvalue weighted by Gasteiger charge is 2.20. The Morgan fingerprint density at radius 2 is 1.83 bits per heavy atom. The number of aliphatic hydroxyl groups excluding tert-OH is 1. The predicted octanol–water partition coefficient (Wildman–Crippen LogP) is 2.61. The van der Waals surface area contributed by atoms with Crippen LogP contribution in [0, 0.1) is 0 Å². The van der Waals surface area contributed by atoms with E-state index in [2.05, 4.69) is 10.2 Å². The molecule has 1 fully saturated rings. The van der Waals surface area contributed by atoms with Gasteiger partial charge >= 0.3 is 0 Å². The zero-order chi connectivity index (χ0) is 16.2. The van der Waals surface area contributed by atoms with E-state index in [0.29, 0.717) is 5.56 Å². The third-order valence-electron chi connectivity index (χ3n) is 4.07. The minimum atomic E-state index is -0.259. The number of amides is 1. The average molecular weight is 312 g/mol. The minimum Gasteiger partial charge on any atom is -0.508 e. The molecule has 1 aliphatic heterocycles. The number of rotatable bonds is 3. The number of para-hydroxylation sites is 2. The van der Waals surface area contributed by atoms with Crippen molar-refractivity contribution in [1.82, 2.24) is 0 Å². The lowest BCUT2D eigenvalue weighted by Gasteiger charge is -2.32. The Hall–Kier alpha value is -2.53. The number of aromatic hydroxyl groups is 1. The Balaban J connectivity index is 1.79. The van der Waals surface area contributed by atoms with Crippen molar-refractivity contribution in [2.24, 2.45) is 0 Å². The summed E-state index contributed by atoms with van der Waals surface area (Å²) >= 11 is 0. The first-order valence-electron chi connectivity index (χ1n) is 7.76. The summed E-state index contributed by atoms with van der Waals surface area (Å²) in [4.78, 5) is 14.5. The van der Waals surface area contributed by atoms with Gasteiger partial charge in [0, 0.05) is 18.7 Å². The van der Waals surface area contributed by atoms with Gasteiger partial charge in [-0.25, -0.2) is 0 Å². The SMILES string of the molecule is O=C(Nc1ccccc1N1CCC(O)CC1)c1cccc(O)c1. The van der Waals surface area contributed by atoms with E-state index in [1.54, 1.807) is 12.1 Å². The number of nitrogens with zero attached hydrogens (tertiary/aromatic N) is 1. The van der Waals surface area contributed by atoms with Crippen molar-refractivity contribution >= 4 is 17.3 Å². The highest BCUT2D eigenvalue weighted by atomic mass is 16.3. The summed E-state index contributed by atoms with van der Waals surface area (Å²) in [7, 11) is 0. The fourth-order valence-electron chi connectivity index (χ4n) is 2.80. The second-order valence-electron chi connectivity index (χ2n) is 5.74. The number of carbonyl (C=O) groups excluding carboxylic acids is 1. The van der Waals surface area contributed by atoms with Crippen LogP contribution in [0.2, 0.25) is 0 Å². The van der Waals surface area contributed by atoms with Crippen LogP contribution in [0.5, 0.6) is 5.75 Å². The first-order valence-corrected chi connectivity index (χ1v) is 7.76. The summed E-state index contributed by atoms with van der Waals surface area (Å²) in [5, 5.41) is 22.1. The quantitative estimate of drug-likeness (QED) is 0.814. The third kappa shape index (κ3) is 3.63. The van der Waals surface area contributed by atoms with Gasteiger partial charge in [0.1, 0.15) is 5.75 Å². The molecule has 2 aromatic carbocycles. The molecular formula is C18H20N2O3. The predicted molar refractivity (Wildman–Crippen MR) is 90.0 cm³/mol. The molecule has 1 heterocycles. The number of nitrogens with one attached hydrogen (secondary N) is 1. The highest BCUT2D eigenvalue weighted by Crippen LogP contribution is 2.28. The highest BCUT2D eigenvalue weighted by molar-refractivity contribution is 6.06. The van der Waals surface area contributed by atoms with Crippen LogP contribution >= 0.6 is 0 Å². The van der Waals surface area contributed by atoms with Crippen molar-refractivity contribution in [3.63, 3.8) is 0 Å². The van der Waals surface area contributed by atoms with Crippen molar-refractivity contribution in [1.29, 1.82) is 0 Å². The van der Waals surface area contributed by atoms with Crippen LogP contribution in [0.3, 0.4) is 0 Å². The third-order valence-corrected chi connectivity index (χ3v) is 4.07. The zero-order valence-electron chi connectivity index (χ0n) is 12.8. The van der Waals surface area contributed by atoms with Crippen LogP contribution < -0.4 is 10.2 Å². The summed E-state index contributed by atoms with van der Waals surface area (Å²) in [5.74, 6) is -0.193. The maximum Gasteiger partial charge on any atom is 0.255 e. The van der Waals surface area contributed by atoms with Crippen molar-refractivity contribution in [2.45, 2.75) is 18.9 Å². The maximum atomic E-state index is 12.4. The van der Waals surface area contributed by atoms with Gasteiger partial charge in [0.2, 0.25) is 0 Å². The molecule has 3 N–H and O–H groups in total. The summed E-state index contributed by atoms with van der Waals surface area (Å²) in [6.07, 6.45) is 1.23. The zero-order valence-corrected chi connectivity index (χ0v) is 12.8. The molecule has 5 nitrogen and oxygen atoms in total. The second kappa shape index (κ2) is 6.71. The smallest absolute Gasteiger partial charge is 0.255 e. The molecule has 0 aliphatic carbocycles. The van der Waals surface area contributed by atoms with Gasteiger partial charge in [-0.2, -0.15) is 0 Å². The molecule has 0 spiro atoms. The molecule has 1 aliphatic rings. The van der Waals surface area contributed by atoms with Crippen molar-refractivity contribution in [3.8, 4) is 5.75 Å². The summed E-state index contributed by atoms with van der Waals surface area (Å²) < 4.78 is 0. The molecule has 0 saturated carbocycles. The van der Waals surface area contributed by atoms with E-state index in [-0.39, 0.29) is 17.8 Å². The maximum absolute atomic E-state index is 12.4. The largest absolute Gasteiger partial charge is 0.508 e. The van der Waals surface area contributed by atoms with Gasteiger partial charge in [-0.1, -0.05) is 18.2 Å². The van der Waals surface area contributed by atoms with E-state index >= 15 is 0 Å². The molecule has 0 unspecified atom stereocenters. The Morgan fingerprint density at radius 1 is 1.09 bits per heavy atom. The van der Waals surface area contributed by atoms with Crippen LogP contribution in [-0.4, -0.2) is 35.3 Å². The lowest BCUT2D eigenvalue weighted by molar-refractivity contribution is 0.102. The van der Waals surface area contributed by atoms with Crippen LogP contribution in [0.1, 0.15) is 23.2 Å². The fourth-order valence-corrected chi connectivity index (χ4v) is 2.80. The number of carbonyl (C=O) groups is 1. The van der Waals surface area contributed by atoms with E-state index in [9.17, 15) is 15.0 Å². The van der Waals surface area contributed by atoms with Gasteiger partial charge in [0.25, 0.3) is 5.91 Å². The molecule has 1 amide bonds. The van der Waals surface area contributed by atoms with Gasteiger partial charge in [-0.15, -0.1) is 0 Å². The van der Waals surface area contributed by atoms with E-state index in [0.717, 1.165) is 37.3 Å². The molecule has 0 aromatic heterocycles. The number of phenols is 1. The molecule has 0 bridgehead atoms. The van der Waals surface area contributed by atoms with E-state index < -0.39 is 0 Å². The Morgan fingerprint density at radius 3 is 2.57 bits per heavy atom. The number of benzene rings is 2. The Kier molecular flexibility index (Phi) is 4.48. The Bertz CT molecular complexity index is 694. The minimum absolute atomic E-state index is 0.0657. The lowest BCUT2D eigenvalue weighted by Crippen LogP contribution is -2.36. The first kappa shape index (κ1) is 15.4. The summed E-state index contributed by atoms with van der Waals surface area (Å²) in [6.45, 7) is 1.53. The molecule has 0 radical (unpaired) electrons. The van der Waals surface area contributed by atoms with Crippen molar-refractivity contribution in [3.05, 3.63) is 54.1 Å².